The third-order valence-corrected chi connectivity index (χ3v) is 19.0. The average Bonchev–Trinajstić information content (AvgIpc) is 3.90. The molecule has 14 rings (SSSR count). The first-order chi connectivity index (χ1) is 32.8. The van der Waals surface area contributed by atoms with Gasteiger partial charge in [0.2, 0.25) is 0 Å². The molecule has 0 N–H and O–H groups in total. The second kappa shape index (κ2) is 14.3. The molecular formula is C60H39BN2O2Si. The number of rotatable bonds is 6. The van der Waals surface area contributed by atoms with Crippen LogP contribution in [0.4, 0.5) is 0 Å². The maximum Gasteiger partial charge on any atom is 0.260 e. The van der Waals surface area contributed by atoms with Gasteiger partial charge in [0.05, 0.1) is 33.4 Å². The monoisotopic (exact) mass is 858 g/mol. The Morgan fingerprint density at radius 1 is 0.333 bits per heavy atom. The van der Waals surface area contributed by atoms with Gasteiger partial charge in [0.15, 0.2) is 8.07 Å². The van der Waals surface area contributed by atoms with Crippen molar-refractivity contribution in [1.29, 1.82) is 0 Å². The van der Waals surface area contributed by atoms with Crippen LogP contribution in [-0.4, -0.2) is 23.9 Å². The predicted molar refractivity (Wildman–Crippen MR) is 276 cm³/mol. The standard InChI is InChI=1S/C60H39BN2O2Si/c1-4-19-41(20-5-1)66(42-21-6-2-7-22-42,43-23-8-3-9-24-43)44-35-36-47-48-27-18-32-53(63-51-30-14-10-25-45(51)46-26-11-15-31-52(46)63)60(48)62(54(47)39-44)40-37-57-59-58(38-40)65-56-34-17-13-29-50(56)61(59)49-28-12-16-33-55(49)64-57/h1-39H. The lowest BCUT2D eigenvalue weighted by atomic mass is 9.35. The highest BCUT2D eigenvalue weighted by molar-refractivity contribution is 7.20. The van der Waals surface area contributed by atoms with Gasteiger partial charge in [-0.15, -0.1) is 0 Å². The molecule has 4 heterocycles. The second-order valence-corrected chi connectivity index (χ2v) is 21.3. The summed E-state index contributed by atoms with van der Waals surface area (Å²) in [6, 6.07) is 86.6. The van der Waals surface area contributed by atoms with Crippen molar-refractivity contribution in [1.82, 2.24) is 9.13 Å². The van der Waals surface area contributed by atoms with Crippen LogP contribution in [0.5, 0.6) is 23.0 Å². The van der Waals surface area contributed by atoms with Crippen molar-refractivity contribution in [3.05, 3.63) is 237 Å². The molecule has 2 aliphatic rings. The highest BCUT2D eigenvalue weighted by Crippen LogP contribution is 2.42. The van der Waals surface area contributed by atoms with Gasteiger partial charge < -0.3 is 18.6 Å². The van der Waals surface area contributed by atoms with Gasteiger partial charge >= 0.3 is 0 Å². The van der Waals surface area contributed by atoms with Crippen LogP contribution in [0.2, 0.25) is 0 Å². The summed E-state index contributed by atoms with van der Waals surface area (Å²) in [5, 5.41) is 10.1. The Bertz CT molecular complexity index is 3680. The van der Waals surface area contributed by atoms with Crippen molar-refractivity contribution in [2.24, 2.45) is 0 Å². The number of benzene rings is 10. The molecule has 6 heteroatoms. The molecule has 2 aromatic heterocycles. The van der Waals surface area contributed by atoms with Crippen LogP contribution in [0.1, 0.15) is 0 Å². The molecule has 12 aromatic rings. The van der Waals surface area contributed by atoms with Crippen molar-refractivity contribution in [3.63, 3.8) is 0 Å². The summed E-state index contributed by atoms with van der Waals surface area (Å²) in [6.07, 6.45) is 0. The number of fused-ring (bicyclic) bond motifs is 10. The summed E-state index contributed by atoms with van der Waals surface area (Å²) in [5.41, 5.74) is 9.98. The number of hydrogen-bond donors (Lipinski definition) is 0. The van der Waals surface area contributed by atoms with Crippen LogP contribution in [0.3, 0.4) is 0 Å². The zero-order valence-electron chi connectivity index (χ0n) is 35.8. The Morgan fingerprint density at radius 3 is 1.36 bits per heavy atom. The third kappa shape index (κ3) is 5.21. The van der Waals surface area contributed by atoms with Gasteiger partial charge in [0.1, 0.15) is 23.0 Å². The average molecular weight is 859 g/mol. The molecule has 0 fully saturated rings. The topological polar surface area (TPSA) is 28.3 Å². The van der Waals surface area contributed by atoms with Crippen LogP contribution in [-0.2, 0) is 0 Å². The first-order valence-electron chi connectivity index (χ1n) is 22.7. The first-order valence-corrected chi connectivity index (χ1v) is 24.7. The number of nitrogens with zero attached hydrogens (tertiary/aromatic N) is 2. The van der Waals surface area contributed by atoms with Crippen molar-refractivity contribution < 1.29 is 9.47 Å². The van der Waals surface area contributed by atoms with E-state index < -0.39 is 8.07 Å². The fourth-order valence-corrected chi connectivity index (χ4v) is 16.2. The van der Waals surface area contributed by atoms with Gasteiger partial charge in [-0.25, -0.2) is 0 Å². The van der Waals surface area contributed by atoms with Crippen molar-refractivity contribution >= 4 is 95.5 Å². The van der Waals surface area contributed by atoms with Gasteiger partial charge in [0, 0.05) is 39.1 Å². The second-order valence-electron chi connectivity index (χ2n) is 17.5. The SMILES string of the molecule is c1ccc([Si](c2ccccc2)(c2ccccc2)c2ccc3c4cccc(-n5c6ccccc6c6ccccc65)c4n(-c4cc5c6c(c4)Oc4ccccc4B6c4ccccc4O5)c3c2)cc1. The Hall–Kier alpha value is -8.32. The molecule has 10 aromatic carbocycles. The van der Waals surface area contributed by atoms with Crippen molar-refractivity contribution in [3.8, 4) is 34.4 Å². The minimum absolute atomic E-state index is 0.0221. The largest absolute Gasteiger partial charge is 0.458 e. The molecule has 0 atom stereocenters. The van der Waals surface area contributed by atoms with E-state index >= 15 is 0 Å². The van der Waals surface area contributed by atoms with E-state index in [9.17, 15) is 0 Å². The normalized spacial score (nSPS) is 12.8. The summed E-state index contributed by atoms with van der Waals surface area (Å²) >= 11 is 0. The van der Waals surface area contributed by atoms with Gasteiger partial charge in [-0.05, 0) is 68.1 Å². The Labute approximate surface area is 383 Å². The van der Waals surface area contributed by atoms with E-state index in [1.165, 1.54) is 42.3 Å². The quantitative estimate of drug-likeness (QED) is 0.123. The van der Waals surface area contributed by atoms with E-state index in [1.54, 1.807) is 0 Å². The van der Waals surface area contributed by atoms with Crippen LogP contribution < -0.4 is 46.6 Å². The first kappa shape index (κ1) is 37.1. The summed E-state index contributed by atoms with van der Waals surface area (Å²) in [5.74, 6) is 3.36. The van der Waals surface area contributed by atoms with E-state index in [0.717, 1.165) is 72.8 Å². The molecule has 0 aliphatic carbocycles. The molecule has 308 valence electrons. The lowest BCUT2D eigenvalue weighted by Gasteiger charge is -2.34. The van der Waals surface area contributed by atoms with E-state index in [-0.39, 0.29) is 6.71 Å². The summed E-state index contributed by atoms with van der Waals surface area (Å²) in [4.78, 5) is 0. The lowest BCUT2D eigenvalue weighted by Crippen LogP contribution is -2.74. The predicted octanol–water partition coefficient (Wildman–Crippen LogP) is 9.99. The van der Waals surface area contributed by atoms with Gasteiger partial charge in [-0.3, -0.25) is 0 Å². The zero-order chi connectivity index (χ0) is 43.3. The van der Waals surface area contributed by atoms with Crippen molar-refractivity contribution in [2.75, 3.05) is 0 Å². The van der Waals surface area contributed by atoms with Crippen LogP contribution >= 0.6 is 0 Å². The summed E-state index contributed by atoms with van der Waals surface area (Å²) < 4.78 is 18.9. The molecule has 0 bridgehead atoms. The molecular weight excluding hydrogens is 820 g/mol. The number of ether oxygens (including phenoxy) is 2. The number of para-hydroxylation sites is 5. The molecule has 0 saturated carbocycles. The number of hydrogen-bond acceptors (Lipinski definition) is 2. The van der Waals surface area contributed by atoms with Gasteiger partial charge in [-0.2, -0.15) is 0 Å². The molecule has 66 heavy (non-hydrogen) atoms. The van der Waals surface area contributed by atoms with E-state index in [2.05, 4.69) is 246 Å². The minimum atomic E-state index is -2.92. The molecule has 0 amide bonds. The van der Waals surface area contributed by atoms with Crippen LogP contribution in [0.15, 0.2) is 237 Å². The number of aromatic nitrogens is 2. The fourth-order valence-electron chi connectivity index (χ4n) is 11.5. The molecule has 0 radical (unpaired) electrons. The zero-order valence-corrected chi connectivity index (χ0v) is 36.8. The third-order valence-electron chi connectivity index (χ3n) is 14.2. The van der Waals surface area contributed by atoms with E-state index in [4.69, 9.17) is 9.47 Å². The lowest BCUT2D eigenvalue weighted by molar-refractivity contribution is 0.464. The maximum absolute atomic E-state index is 6.98. The molecule has 0 spiro atoms. The smallest absolute Gasteiger partial charge is 0.260 e. The molecule has 0 saturated heterocycles. The molecule has 0 unspecified atom stereocenters. The van der Waals surface area contributed by atoms with Crippen LogP contribution in [0, 0.1) is 0 Å². The van der Waals surface area contributed by atoms with E-state index in [1.807, 2.05) is 0 Å². The Kier molecular flexibility index (Phi) is 8.06. The maximum atomic E-state index is 6.98. The summed E-state index contributed by atoms with van der Waals surface area (Å²) in [6.45, 7) is -0.0221. The van der Waals surface area contributed by atoms with Gasteiger partial charge in [0.25, 0.3) is 6.71 Å². The summed E-state index contributed by atoms with van der Waals surface area (Å²) in [7, 11) is -2.92. The van der Waals surface area contributed by atoms with Crippen molar-refractivity contribution in [2.45, 2.75) is 0 Å². The van der Waals surface area contributed by atoms with Gasteiger partial charge in [-0.1, -0.05) is 188 Å². The molecule has 2 aliphatic heterocycles. The van der Waals surface area contributed by atoms with E-state index in [0.29, 0.717) is 0 Å². The minimum Gasteiger partial charge on any atom is -0.458 e. The fraction of sp³-hybridized carbons (Fsp3) is 0. The Balaban J connectivity index is 1.13. The van der Waals surface area contributed by atoms with Crippen LogP contribution in [0.25, 0.3) is 55.0 Å². The Morgan fingerprint density at radius 2 is 0.803 bits per heavy atom. The molecule has 4 nitrogen and oxygen atoms in total. The highest BCUT2D eigenvalue weighted by atomic mass is 28.3. The highest BCUT2D eigenvalue weighted by Gasteiger charge is 2.43.